The summed E-state index contributed by atoms with van der Waals surface area (Å²) in [6.45, 7) is 0.936. The van der Waals surface area contributed by atoms with Crippen molar-refractivity contribution in [1.29, 1.82) is 0 Å². The predicted octanol–water partition coefficient (Wildman–Crippen LogP) is 1.84. The third-order valence-electron chi connectivity index (χ3n) is 6.92. The second kappa shape index (κ2) is 8.90. The number of aryl methyl sites for hydroxylation is 3. The van der Waals surface area contributed by atoms with E-state index in [-0.39, 0.29) is 17.0 Å². The summed E-state index contributed by atoms with van der Waals surface area (Å²) in [4.78, 5) is 27.2. The number of aliphatic hydroxyl groups is 1. The number of nitrogens with one attached hydrogen (secondary N) is 2. The summed E-state index contributed by atoms with van der Waals surface area (Å²) in [5, 5.41) is 16.9. The second-order valence-electron chi connectivity index (χ2n) is 9.07. The van der Waals surface area contributed by atoms with E-state index in [0.717, 1.165) is 44.2 Å². The van der Waals surface area contributed by atoms with E-state index in [4.69, 9.17) is 0 Å². The van der Waals surface area contributed by atoms with Crippen LogP contribution >= 0.6 is 0 Å². The quantitative estimate of drug-likeness (QED) is 0.629. The average molecular weight is 472 g/mol. The molecule has 9 nitrogen and oxygen atoms in total. The number of anilines is 1. The van der Waals surface area contributed by atoms with Gasteiger partial charge in [-0.3, -0.25) is 14.2 Å². The van der Waals surface area contributed by atoms with Crippen LogP contribution in [0.2, 0.25) is 0 Å². The fourth-order valence-electron chi connectivity index (χ4n) is 5.21. The molecular weight excluding hydrogens is 442 g/mol. The fraction of sp³-hybridized carbons (Fsp3) is 0.522. The maximum absolute atomic E-state index is 12.8. The molecule has 0 bridgehead atoms. The molecule has 1 fully saturated rings. The number of likely N-dealkylation sites (tertiary alicyclic amines) is 1. The summed E-state index contributed by atoms with van der Waals surface area (Å²) in [6.07, 6.45) is 6.83. The van der Waals surface area contributed by atoms with E-state index in [0.29, 0.717) is 31.6 Å². The van der Waals surface area contributed by atoms with Crippen molar-refractivity contribution in [3.05, 3.63) is 40.1 Å². The van der Waals surface area contributed by atoms with Crippen molar-refractivity contribution >= 4 is 28.6 Å². The van der Waals surface area contributed by atoms with Crippen molar-refractivity contribution in [2.45, 2.75) is 62.5 Å². The Kier molecular flexibility index (Phi) is 5.96. The van der Waals surface area contributed by atoms with Crippen molar-refractivity contribution in [3.8, 4) is 0 Å². The molecule has 2 aliphatic carbocycles. The highest BCUT2D eigenvalue weighted by atomic mass is 32.2. The summed E-state index contributed by atoms with van der Waals surface area (Å²) in [6, 6.07) is 3.22. The Labute approximate surface area is 195 Å². The molecule has 5 rings (SSSR count). The molecule has 1 saturated heterocycles. The van der Waals surface area contributed by atoms with Gasteiger partial charge in [-0.25, -0.2) is 9.00 Å². The standard InChI is InChI=1S/C23H29N5O4S/c1-27-19(22(30)28-10-8-16(29)9-11-28)13-20(25-27)33(32)26-23(31)24-21-17-6-2-4-14(17)12-15-5-3-7-18(15)21/h12-13,16,29H,2-11H2,1H3,(H2,24,26,31). The Morgan fingerprint density at radius 3 is 2.33 bits per heavy atom. The van der Waals surface area contributed by atoms with Crippen LogP contribution in [0, 0.1) is 0 Å². The molecule has 0 spiro atoms. The van der Waals surface area contributed by atoms with Crippen molar-refractivity contribution in [2.75, 3.05) is 18.4 Å². The third kappa shape index (κ3) is 4.29. The summed E-state index contributed by atoms with van der Waals surface area (Å²) in [5.74, 6) is -0.222. The summed E-state index contributed by atoms with van der Waals surface area (Å²) < 4.78 is 16.7. The average Bonchev–Trinajstić information content (AvgIpc) is 3.53. The van der Waals surface area contributed by atoms with Crippen LogP contribution in [0.4, 0.5) is 10.5 Å². The number of carbonyl (C=O) groups is 2. The number of piperidine rings is 1. The number of amides is 3. The second-order valence-corrected chi connectivity index (χ2v) is 10.2. The summed E-state index contributed by atoms with van der Waals surface area (Å²) in [7, 11) is -0.291. The van der Waals surface area contributed by atoms with Gasteiger partial charge in [-0.05, 0) is 73.6 Å². The maximum Gasteiger partial charge on any atom is 0.331 e. The van der Waals surface area contributed by atoms with E-state index < -0.39 is 17.0 Å². The van der Waals surface area contributed by atoms with Gasteiger partial charge in [-0.1, -0.05) is 6.07 Å². The summed E-state index contributed by atoms with van der Waals surface area (Å²) in [5.41, 5.74) is 6.21. The first-order valence-electron chi connectivity index (χ1n) is 11.6. The van der Waals surface area contributed by atoms with E-state index in [1.807, 2.05) is 0 Å². The predicted molar refractivity (Wildman–Crippen MR) is 123 cm³/mol. The van der Waals surface area contributed by atoms with Gasteiger partial charge >= 0.3 is 6.03 Å². The number of carbonyl (C=O) groups excluding carboxylic acids is 2. The first-order valence-corrected chi connectivity index (χ1v) is 12.7. The van der Waals surface area contributed by atoms with Crippen LogP contribution in [-0.2, 0) is 43.7 Å². The molecule has 1 aromatic heterocycles. The summed E-state index contributed by atoms with van der Waals surface area (Å²) >= 11 is 0. The molecule has 3 aliphatic rings. The number of urea groups is 1. The maximum atomic E-state index is 12.8. The van der Waals surface area contributed by atoms with Crippen molar-refractivity contribution in [1.82, 2.24) is 19.4 Å². The van der Waals surface area contributed by atoms with Gasteiger partial charge in [0.25, 0.3) is 5.91 Å². The van der Waals surface area contributed by atoms with Crippen molar-refractivity contribution in [3.63, 3.8) is 0 Å². The zero-order valence-corrected chi connectivity index (χ0v) is 19.5. The molecule has 1 atom stereocenters. The normalized spacial score (nSPS) is 18.7. The number of aromatic nitrogens is 2. The van der Waals surface area contributed by atoms with Gasteiger partial charge in [-0.2, -0.15) is 5.10 Å². The highest BCUT2D eigenvalue weighted by molar-refractivity contribution is 7.83. The lowest BCUT2D eigenvalue weighted by molar-refractivity contribution is 0.0537. The first kappa shape index (κ1) is 22.1. The Balaban J connectivity index is 1.28. The molecule has 1 unspecified atom stereocenters. The van der Waals surface area contributed by atoms with Crippen molar-refractivity contribution < 1.29 is 18.9 Å². The highest BCUT2D eigenvalue weighted by Gasteiger charge is 2.27. The number of rotatable bonds is 4. The number of fused-ring (bicyclic) bond motifs is 2. The topological polar surface area (TPSA) is 117 Å². The molecule has 0 radical (unpaired) electrons. The lowest BCUT2D eigenvalue weighted by Crippen LogP contribution is -2.40. The number of hydrogen-bond donors (Lipinski definition) is 3. The largest absolute Gasteiger partial charge is 0.393 e. The van der Waals surface area contributed by atoms with Crippen LogP contribution in [0.5, 0.6) is 0 Å². The van der Waals surface area contributed by atoms with Crippen LogP contribution in [0.25, 0.3) is 0 Å². The van der Waals surface area contributed by atoms with Gasteiger partial charge in [0.1, 0.15) is 5.69 Å². The fourth-order valence-corrected chi connectivity index (χ4v) is 5.94. The third-order valence-corrected chi connectivity index (χ3v) is 7.87. The van der Waals surface area contributed by atoms with Crippen molar-refractivity contribution in [2.24, 2.45) is 7.05 Å². The monoisotopic (exact) mass is 471 g/mol. The molecule has 1 aromatic carbocycles. The van der Waals surface area contributed by atoms with Gasteiger partial charge < -0.3 is 15.3 Å². The number of benzene rings is 1. The Morgan fingerprint density at radius 1 is 1.06 bits per heavy atom. The highest BCUT2D eigenvalue weighted by Crippen LogP contribution is 2.38. The molecule has 2 heterocycles. The molecule has 2 aromatic rings. The van der Waals surface area contributed by atoms with E-state index in [9.17, 15) is 18.9 Å². The van der Waals surface area contributed by atoms with Crippen LogP contribution in [0.3, 0.4) is 0 Å². The number of nitrogens with zero attached hydrogens (tertiary/aromatic N) is 3. The smallest absolute Gasteiger partial charge is 0.331 e. The molecule has 176 valence electrons. The molecule has 3 amide bonds. The molecule has 3 N–H and O–H groups in total. The number of aliphatic hydroxyl groups excluding tert-OH is 1. The Morgan fingerprint density at radius 2 is 1.70 bits per heavy atom. The van der Waals surface area contributed by atoms with E-state index in [1.165, 1.54) is 33.0 Å². The zero-order chi connectivity index (χ0) is 23.1. The zero-order valence-electron chi connectivity index (χ0n) is 18.7. The van der Waals surface area contributed by atoms with E-state index in [1.54, 1.807) is 11.9 Å². The van der Waals surface area contributed by atoms with Crippen LogP contribution in [0.15, 0.2) is 17.2 Å². The molecule has 0 saturated carbocycles. The number of hydrogen-bond acceptors (Lipinski definition) is 5. The minimum atomic E-state index is -1.91. The SMILES string of the molecule is Cn1nc(S(=O)NC(=O)Nc2c3c(cc4c2CCC4)CCC3)cc1C(=O)N1CCC(O)CC1. The molecule has 33 heavy (non-hydrogen) atoms. The lowest BCUT2D eigenvalue weighted by Gasteiger charge is -2.29. The van der Waals surface area contributed by atoms with Crippen LogP contribution < -0.4 is 10.0 Å². The van der Waals surface area contributed by atoms with Gasteiger partial charge in [0.2, 0.25) is 0 Å². The Hall–Kier alpha value is -2.72. The van der Waals surface area contributed by atoms with Crippen LogP contribution in [0.1, 0.15) is 58.4 Å². The van der Waals surface area contributed by atoms with Gasteiger partial charge in [-0.15, -0.1) is 0 Å². The van der Waals surface area contributed by atoms with Gasteiger partial charge in [0.15, 0.2) is 16.0 Å². The van der Waals surface area contributed by atoms with Gasteiger partial charge in [0, 0.05) is 31.9 Å². The van der Waals surface area contributed by atoms with E-state index >= 15 is 0 Å². The molecule has 1 aliphatic heterocycles. The molecular formula is C23H29N5O4S. The minimum Gasteiger partial charge on any atom is -0.393 e. The van der Waals surface area contributed by atoms with Gasteiger partial charge in [0.05, 0.1) is 6.10 Å². The molecule has 10 heteroatoms. The minimum absolute atomic E-state index is 0.122. The van der Waals surface area contributed by atoms with Crippen LogP contribution in [-0.4, -0.2) is 55.1 Å². The Bertz CT molecular complexity index is 1100. The van der Waals surface area contributed by atoms with E-state index in [2.05, 4.69) is 21.2 Å². The first-order chi connectivity index (χ1) is 15.9. The lowest BCUT2D eigenvalue weighted by atomic mass is 9.99.